The fourth-order valence-electron chi connectivity index (χ4n) is 0.759. The lowest BCUT2D eigenvalue weighted by Crippen LogP contribution is -1.88. The molecule has 0 N–H and O–H groups in total. The number of halogens is 2. The van der Waals surface area contributed by atoms with Crippen LogP contribution in [0.4, 0.5) is 4.39 Å². The highest BCUT2D eigenvalue weighted by Gasteiger charge is 2.06. The average molecular weight is 191 g/mol. The zero-order valence-electron chi connectivity index (χ0n) is 5.25. The Labute approximate surface area is 62.6 Å². The van der Waals surface area contributed by atoms with E-state index in [1.54, 1.807) is 6.08 Å². The molecule has 0 bridgehead atoms. The highest BCUT2D eigenvalue weighted by molar-refractivity contribution is 9.11. The van der Waals surface area contributed by atoms with Crippen molar-refractivity contribution in [1.82, 2.24) is 0 Å². The van der Waals surface area contributed by atoms with Gasteiger partial charge in [0.15, 0.2) is 0 Å². The molecule has 0 unspecified atom stereocenters. The van der Waals surface area contributed by atoms with Crippen LogP contribution in [0.1, 0.15) is 19.8 Å². The van der Waals surface area contributed by atoms with Gasteiger partial charge in [-0.25, -0.2) is 4.39 Å². The highest BCUT2D eigenvalue weighted by atomic mass is 79.9. The van der Waals surface area contributed by atoms with Gasteiger partial charge in [0.1, 0.15) is 5.83 Å². The summed E-state index contributed by atoms with van der Waals surface area (Å²) in [6.07, 6.45) is 2.96. The third-order valence-electron chi connectivity index (χ3n) is 1.43. The Morgan fingerprint density at radius 2 is 2.22 bits per heavy atom. The van der Waals surface area contributed by atoms with Crippen LogP contribution >= 0.6 is 15.9 Å². The molecule has 0 radical (unpaired) electrons. The molecule has 0 nitrogen and oxygen atoms in total. The quantitative estimate of drug-likeness (QED) is 0.551. The fraction of sp³-hybridized carbons (Fsp3) is 0.429. The lowest BCUT2D eigenvalue weighted by molar-refractivity contribution is 0.581. The maximum absolute atomic E-state index is 12.4. The van der Waals surface area contributed by atoms with Gasteiger partial charge in [-0.2, -0.15) is 0 Å². The molecule has 9 heavy (non-hydrogen) atoms. The molecule has 0 fully saturated rings. The van der Waals surface area contributed by atoms with Gasteiger partial charge in [-0.3, -0.25) is 0 Å². The van der Waals surface area contributed by atoms with Gasteiger partial charge in [-0.1, -0.05) is 21.5 Å². The van der Waals surface area contributed by atoms with Crippen molar-refractivity contribution in [2.24, 2.45) is 0 Å². The maximum Gasteiger partial charge on any atom is 0.101 e. The van der Waals surface area contributed by atoms with Crippen LogP contribution in [0.5, 0.6) is 0 Å². The first-order valence-electron chi connectivity index (χ1n) is 2.91. The van der Waals surface area contributed by atoms with E-state index in [1.807, 2.05) is 6.92 Å². The minimum atomic E-state index is -0.0209. The highest BCUT2D eigenvalue weighted by Crippen LogP contribution is 2.27. The molecule has 0 amide bonds. The van der Waals surface area contributed by atoms with Gasteiger partial charge in [0.25, 0.3) is 0 Å². The Balaban J connectivity index is 2.83. The zero-order valence-corrected chi connectivity index (χ0v) is 6.83. The minimum Gasteiger partial charge on any atom is -0.212 e. The van der Waals surface area contributed by atoms with Crippen LogP contribution in [0.2, 0.25) is 0 Å². The molecule has 1 rings (SSSR count). The average Bonchev–Trinajstić information content (AvgIpc) is 1.80. The van der Waals surface area contributed by atoms with Gasteiger partial charge < -0.3 is 0 Å². The van der Waals surface area contributed by atoms with Gasteiger partial charge in [-0.05, 0) is 19.4 Å². The molecular weight excluding hydrogens is 183 g/mol. The molecule has 2 heteroatoms. The Morgan fingerprint density at radius 3 is 2.67 bits per heavy atom. The van der Waals surface area contributed by atoms with E-state index < -0.39 is 0 Å². The second-order valence-electron chi connectivity index (χ2n) is 2.22. The molecule has 1 aliphatic carbocycles. The summed E-state index contributed by atoms with van der Waals surface area (Å²) in [6, 6.07) is 0. The summed E-state index contributed by atoms with van der Waals surface area (Å²) in [4.78, 5) is 0. The van der Waals surface area contributed by atoms with Crippen LogP contribution in [0.15, 0.2) is 22.0 Å². The summed E-state index contributed by atoms with van der Waals surface area (Å²) < 4.78 is 13.3. The maximum atomic E-state index is 12.4. The summed E-state index contributed by atoms with van der Waals surface area (Å²) in [5, 5.41) is 0. The van der Waals surface area contributed by atoms with Crippen molar-refractivity contribution in [1.29, 1.82) is 0 Å². The van der Waals surface area contributed by atoms with Crippen LogP contribution in [0.25, 0.3) is 0 Å². The molecule has 0 aliphatic heterocycles. The Hall–Kier alpha value is -0.110. The number of allylic oxidation sites excluding steroid dienone is 4. The van der Waals surface area contributed by atoms with E-state index in [0.717, 1.165) is 10.9 Å². The SMILES string of the molecule is CC1=C(Br)C=C(F)CC1. The molecule has 0 aromatic heterocycles. The predicted octanol–water partition coefficient (Wildman–Crippen LogP) is 3.30. The third-order valence-corrected chi connectivity index (χ3v) is 2.34. The molecule has 0 aromatic rings. The first-order chi connectivity index (χ1) is 4.20. The fourth-order valence-corrected chi connectivity index (χ4v) is 1.21. The molecule has 0 saturated heterocycles. The lowest BCUT2D eigenvalue weighted by atomic mass is 10.1. The number of hydrogen-bond donors (Lipinski definition) is 0. The van der Waals surface area contributed by atoms with Crippen molar-refractivity contribution in [3.63, 3.8) is 0 Å². The standard InChI is InChI=1S/C7H8BrF/c1-5-2-3-6(9)4-7(5)8/h4H,2-3H2,1H3. The Morgan fingerprint density at radius 1 is 1.56 bits per heavy atom. The molecule has 0 heterocycles. The van der Waals surface area contributed by atoms with Crippen molar-refractivity contribution in [3.05, 3.63) is 22.0 Å². The van der Waals surface area contributed by atoms with Gasteiger partial charge in [0.2, 0.25) is 0 Å². The van der Waals surface area contributed by atoms with Crippen molar-refractivity contribution in [2.45, 2.75) is 19.8 Å². The molecule has 0 aromatic carbocycles. The smallest absolute Gasteiger partial charge is 0.101 e. The van der Waals surface area contributed by atoms with Crippen LogP contribution < -0.4 is 0 Å². The predicted molar refractivity (Wildman–Crippen MR) is 40.1 cm³/mol. The van der Waals surface area contributed by atoms with Crippen LogP contribution in [-0.2, 0) is 0 Å². The second-order valence-corrected chi connectivity index (χ2v) is 3.07. The van der Waals surface area contributed by atoms with Crippen molar-refractivity contribution < 1.29 is 4.39 Å². The van der Waals surface area contributed by atoms with Crippen LogP contribution in [0, 0.1) is 0 Å². The van der Waals surface area contributed by atoms with Crippen molar-refractivity contribution in [2.75, 3.05) is 0 Å². The lowest BCUT2D eigenvalue weighted by Gasteiger charge is -2.07. The topological polar surface area (TPSA) is 0 Å². The Bertz CT molecular complexity index is 179. The van der Waals surface area contributed by atoms with E-state index in [9.17, 15) is 4.39 Å². The first-order valence-corrected chi connectivity index (χ1v) is 3.71. The molecular formula is C7H8BrF. The van der Waals surface area contributed by atoms with Gasteiger partial charge >= 0.3 is 0 Å². The summed E-state index contributed by atoms with van der Waals surface area (Å²) in [5.74, 6) is -0.0209. The molecule has 0 saturated carbocycles. The Kier molecular flexibility index (Phi) is 2.06. The van der Waals surface area contributed by atoms with E-state index in [-0.39, 0.29) is 5.83 Å². The summed E-state index contributed by atoms with van der Waals surface area (Å²) in [7, 11) is 0. The van der Waals surface area contributed by atoms with Gasteiger partial charge in [0.05, 0.1) is 0 Å². The van der Waals surface area contributed by atoms with E-state index >= 15 is 0 Å². The van der Waals surface area contributed by atoms with Crippen molar-refractivity contribution in [3.8, 4) is 0 Å². The van der Waals surface area contributed by atoms with Gasteiger partial charge in [-0.15, -0.1) is 0 Å². The molecule has 50 valence electrons. The van der Waals surface area contributed by atoms with Crippen LogP contribution in [0.3, 0.4) is 0 Å². The van der Waals surface area contributed by atoms with E-state index in [2.05, 4.69) is 15.9 Å². The number of rotatable bonds is 0. The van der Waals surface area contributed by atoms with Crippen molar-refractivity contribution >= 4 is 15.9 Å². The second kappa shape index (κ2) is 2.65. The molecule has 0 atom stereocenters. The third kappa shape index (κ3) is 1.65. The monoisotopic (exact) mass is 190 g/mol. The number of hydrogen-bond acceptors (Lipinski definition) is 0. The van der Waals surface area contributed by atoms with E-state index in [1.165, 1.54) is 5.57 Å². The first kappa shape index (κ1) is 7.00. The molecule has 0 spiro atoms. The van der Waals surface area contributed by atoms with E-state index in [4.69, 9.17) is 0 Å². The van der Waals surface area contributed by atoms with Crippen LogP contribution in [-0.4, -0.2) is 0 Å². The summed E-state index contributed by atoms with van der Waals surface area (Å²) in [6.45, 7) is 2.01. The van der Waals surface area contributed by atoms with Gasteiger partial charge in [0, 0.05) is 10.9 Å². The summed E-state index contributed by atoms with van der Waals surface area (Å²) in [5.41, 5.74) is 1.23. The largest absolute Gasteiger partial charge is 0.212 e. The van der Waals surface area contributed by atoms with E-state index in [0.29, 0.717) is 6.42 Å². The normalized spacial score (nSPS) is 20.1. The molecule has 1 aliphatic rings. The summed E-state index contributed by atoms with van der Waals surface area (Å²) >= 11 is 3.26. The minimum absolute atomic E-state index is 0.0209. The zero-order chi connectivity index (χ0) is 6.85.